The largest absolute Gasteiger partial charge is 0.454 e. The second kappa shape index (κ2) is 9.17. The van der Waals surface area contributed by atoms with Gasteiger partial charge in [0.1, 0.15) is 0 Å². The Kier molecular flexibility index (Phi) is 6.33. The van der Waals surface area contributed by atoms with Crippen molar-refractivity contribution in [2.45, 2.75) is 37.7 Å². The van der Waals surface area contributed by atoms with Crippen LogP contribution in [0.3, 0.4) is 0 Å². The van der Waals surface area contributed by atoms with E-state index in [0.717, 1.165) is 10.6 Å². The van der Waals surface area contributed by atoms with Gasteiger partial charge in [-0.25, -0.2) is 4.98 Å². The summed E-state index contributed by atoms with van der Waals surface area (Å²) in [4.78, 5) is 30.4. The number of benzene rings is 1. The van der Waals surface area contributed by atoms with E-state index in [1.807, 2.05) is 13.8 Å². The minimum absolute atomic E-state index is 0.152. The zero-order valence-electron chi connectivity index (χ0n) is 18.0. The Labute approximate surface area is 192 Å². The first-order valence-electron chi connectivity index (χ1n) is 9.79. The number of rotatable bonds is 7. The van der Waals surface area contributed by atoms with Gasteiger partial charge in [0, 0.05) is 17.5 Å². The van der Waals surface area contributed by atoms with Crippen LogP contribution in [-0.4, -0.2) is 43.6 Å². The number of thioether (sulfide) groups is 1. The fraction of sp³-hybridized carbons (Fsp3) is 0.350. The highest BCUT2D eigenvalue weighted by molar-refractivity contribution is 8.00. The van der Waals surface area contributed by atoms with Crippen LogP contribution in [0, 0.1) is 13.8 Å². The number of hydrogen-bond acceptors (Lipinski definition) is 9. The number of amides is 2. The predicted molar refractivity (Wildman–Crippen MR) is 120 cm³/mol. The first-order valence-corrected chi connectivity index (χ1v) is 11.5. The molecule has 2 aromatic heterocycles. The molecule has 0 fully saturated rings. The molecule has 0 aliphatic carbocycles. The molecule has 0 bridgehead atoms. The Morgan fingerprint density at radius 2 is 2.03 bits per heavy atom. The highest BCUT2D eigenvalue weighted by Gasteiger charge is 2.21. The van der Waals surface area contributed by atoms with E-state index < -0.39 is 5.25 Å². The van der Waals surface area contributed by atoms with Crippen LogP contribution in [0.1, 0.15) is 33.7 Å². The molecule has 3 heterocycles. The molecule has 4 rings (SSSR count). The molecule has 0 spiro atoms. The maximum absolute atomic E-state index is 12.5. The smallest absolute Gasteiger partial charge is 0.251 e. The van der Waals surface area contributed by atoms with Crippen LogP contribution in [0.4, 0.5) is 5.13 Å². The molecular formula is C20H22N6O4S2. The Morgan fingerprint density at radius 3 is 2.78 bits per heavy atom. The van der Waals surface area contributed by atoms with Crippen LogP contribution in [-0.2, 0) is 18.4 Å². The summed E-state index contributed by atoms with van der Waals surface area (Å²) in [5.74, 6) is 1.31. The van der Waals surface area contributed by atoms with Crippen LogP contribution >= 0.6 is 23.1 Å². The number of carbonyl (C=O) groups is 2. The van der Waals surface area contributed by atoms with Gasteiger partial charge in [0.25, 0.3) is 5.91 Å². The molecule has 12 heteroatoms. The van der Waals surface area contributed by atoms with Gasteiger partial charge >= 0.3 is 0 Å². The van der Waals surface area contributed by atoms with Crippen molar-refractivity contribution in [1.82, 2.24) is 25.1 Å². The first-order chi connectivity index (χ1) is 15.3. The summed E-state index contributed by atoms with van der Waals surface area (Å²) in [6.45, 7) is 6.01. The van der Waals surface area contributed by atoms with E-state index >= 15 is 0 Å². The van der Waals surface area contributed by atoms with Gasteiger partial charge in [-0.1, -0.05) is 11.8 Å². The molecule has 3 aromatic rings. The number of hydrogen-bond donors (Lipinski definition) is 2. The summed E-state index contributed by atoms with van der Waals surface area (Å²) in [5.41, 5.74) is 1.37. The van der Waals surface area contributed by atoms with E-state index in [9.17, 15) is 9.59 Å². The Bertz CT molecular complexity index is 1160. The van der Waals surface area contributed by atoms with Gasteiger partial charge in [-0.05, 0) is 39.0 Å². The van der Waals surface area contributed by atoms with Gasteiger partial charge in [0.15, 0.2) is 27.6 Å². The molecule has 1 aliphatic rings. The van der Waals surface area contributed by atoms with E-state index in [0.29, 0.717) is 33.2 Å². The second-order valence-corrected chi connectivity index (χ2v) is 9.63. The lowest BCUT2D eigenvalue weighted by atomic mass is 10.2. The van der Waals surface area contributed by atoms with Crippen molar-refractivity contribution in [3.8, 4) is 11.5 Å². The van der Waals surface area contributed by atoms with Crippen molar-refractivity contribution in [2.24, 2.45) is 7.05 Å². The number of aromatic nitrogens is 4. The second-order valence-electron chi connectivity index (χ2n) is 7.12. The lowest BCUT2D eigenvalue weighted by molar-refractivity contribution is -0.115. The monoisotopic (exact) mass is 474 g/mol. The normalized spacial score (nSPS) is 13.1. The Hall–Kier alpha value is -3.12. The molecule has 168 valence electrons. The zero-order chi connectivity index (χ0) is 22.8. The molecule has 0 saturated heterocycles. The van der Waals surface area contributed by atoms with Crippen LogP contribution in [0.25, 0.3) is 0 Å². The predicted octanol–water partition coefficient (Wildman–Crippen LogP) is 2.67. The molecule has 1 aliphatic heterocycles. The summed E-state index contributed by atoms with van der Waals surface area (Å²) >= 11 is 2.73. The minimum Gasteiger partial charge on any atom is -0.454 e. The molecule has 0 radical (unpaired) electrons. The van der Waals surface area contributed by atoms with Crippen molar-refractivity contribution in [2.75, 3.05) is 12.1 Å². The summed E-state index contributed by atoms with van der Waals surface area (Å²) < 4.78 is 12.3. The summed E-state index contributed by atoms with van der Waals surface area (Å²) in [6, 6.07) is 5.02. The number of fused-ring (bicyclic) bond motifs is 1. The van der Waals surface area contributed by atoms with Gasteiger partial charge in [0.05, 0.1) is 17.5 Å². The highest BCUT2D eigenvalue weighted by Crippen LogP contribution is 2.32. The molecule has 32 heavy (non-hydrogen) atoms. The SMILES string of the molecule is Cc1nc(NC(=O)[C@@H](C)Sc2nnc(CNC(=O)c3ccc4c(c3)OCO4)n2C)sc1C. The van der Waals surface area contributed by atoms with Crippen molar-refractivity contribution < 1.29 is 19.1 Å². The molecule has 2 N–H and O–H groups in total. The molecule has 0 unspecified atom stereocenters. The summed E-state index contributed by atoms with van der Waals surface area (Å²) in [7, 11) is 1.79. The van der Waals surface area contributed by atoms with E-state index in [-0.39, 0.29) is 25.2 Å². The fourth-order valence-corrected chi connectivity index (χ4v) is 4.50. The fourth-order valence-electron chi connectivity index (χ4n) is 2.85. The van der Waals surface area contributed by atoms with Crippen molar-refractivity contribution in [1.29, 1.82) is 0 Å². The van der Waals surface area contributed by atoms with Gasteiger partial charge < -0.3 is 24.7 Å². The highest BCUT2D eigenvalue weighted by atomic mass is 32.2. The summed E-state index contributed by atoms with van der Waals surface area (Å²) in [5, 5.41) is 14.7. The Morgan fingerprint density at radius 1 is 1.25 bits per heavy atom. The number of anilines is 1. The van der Waals surface area contributed by atoms with Gasteiger partial charge in [0.2, 0.25) is 12.7 Å². The average Bonchev–Trinajstić information content (AvgIpc) is 3.46. The third-order valence-electron chi connectivity index (χ3n) is 4.88. The number of aryl methyl sites for hydroxylation is 2. The van der Waals surface area contributed by atoms with Crippen molar-refractivity contribution in [3.63, 3.8) is 0 Å². The van der Waals surface area contributed by atoms with E-state index in [1.165, 1.54) is 23.1 Å². The maximum atomic E-state index is 12.5. The van der Waals surface area contributed by atoms with Crippen molar-refractivity contribution >= 4 is 40.0 Å². The zero-order valence-corrected chi connectivity index (χ0v) is 19.6. The quantitative estimate of drug-likeness (QED) is 0.502. The average molecular weight is 475 g/mol. The van der Waals surface area contributed by atoms with Crippen molar-refractivity contribution in [3.05, 3.63) is 40.2 Å². The standard InChI is InChI=1S/C20H22N6O4S2/c1-10-11(2)31-19(22-10)23-17(27)12(3)32-20-25-24-16(26(20)4)8-21-18(28)13-5-6-14-15(7-13)30-9-29-14/h5-7,12H,8-9H2,1-4H3,(H,21,28)(H,22,23,27)/t12-/m1/s1. The first kappa shape index (κ1) is 22.1. The van der Waals surface area contributed by atoms with Crippen LogP contribution in [0.5, 0.6) is 11.5 Å². The van der Waals surface area contributed by atoms with Gasteiger partial charge in [-0.3, -0.25) is 9.59 Å². The van der Waals surface area contributed by atoms with E-state index in [1.54, 1.807) is 36.7 Å². The van der Waals surface area contributed by atoms with Crippen LogP contribution in [0.15, 0.2) is 23.4 Å². The number of nitrogens with one attached hydrogen (secondary N) is 2. The number of carbonyl (C=O) groups excluding carboxylic acids is 2. The van der Waals surface area contributed by atoms with E-state index in [4.69, 9.17) is 9.47 Å². The third-order valence-corrected chi connectivity index (χ3v) is 7.00. The number of ether oxygens (including phenoxy) is 2. The van der Waals surface area contributed by atoms with Crippen LogP contribution < -0.4 is 20.1 Å². The van der Waals surface area contributed by atoms with E-state index in [2.05, 4.69) is 25.8 Å². The van der Waals surface area contributed by atoms with Crippen LogP contribution in [0.2, 0.25) is 0 Å². The molecule has 0 saturated carbocycles. The number of nitrogens with zero attached hydrogens (tertiary/aromatic N) is 4. The van der Waals surface area contributed by atoms with Gasteiger partial charge in [-0.15, -0.1) is 21.5 Å². The molecular weight excluding hydrogens is 452 g/mol. The molecule has 2 amide bonds. The van der Waals surface area contributed by atoms with Gasteiger partial charge in [-0.2, -0.15) is 0 Å². The third kappa shape index (κ3) is 4.70. The molecule has 1 aromatic carbocycles. The summed E-state index contributed by atoms with van der Waals surface area (Å²) in [6.07, 6.45) is 0. The number of thiazole rings is 1. The lowest BCUT2D eigenvalue weighted by Crippen LogP contribution is -2.24. The molecule has 1 atom stereocenters. The minimum atomic E-state index is -0.404. The molecule has 10 nitrogen and oxygen atoms in total. The lowest BCUT2D eigenvalue weighted by Gasteiger charge is -2.10. The maximum Gasteiger partial charge on any atom is 0.251 e. The topological polar surface area (TPSA) is 120 Å². The Balaban J connectivity index is 1.33.